The van der Waals surface area contributed by atoms with Gasteiger partial charge in [0.1, 0.15) is 0 Å². The molecular weight excluding hydrogens is 272 g/mol. The van der Waals surface area contributed by atoms with Gasteiger partial charge in [0.25, 0.3) is 0 Å². The number of nitrogens with one attached hydrogen (secondary N) is 2. The molecule has 0 aliphatic heterocycles. The van der Waals surface area contributed by atoms with E-state index in [0.717, 1.165) is 0 Å². The van der Waals surface area contributed by atoms with Gasteiger partial charge in [0.05, 0.1) is 22.6 Å². The van der Waals surface area contributed by atoms with Crippen molar-refractivity contribution in [3.05, 3.63) is 40.8 Å². The molecule has 4 N–H and O–H groups in total. The Labute approximate surface area is 109 Å². The van der Waals surface area contributed by atoms with Gasteiger partial charge in [-0.05, 0) is 24.3 Å². The van der Waals surface area contributed by atoms with Crippen molar-refractivity contribution in [2.24, 2.45) is 5.84 Å². The molecule has 0 atom stereocenters. The maximum Gasteiger partial charge on any atom is 0.240 e. The average Bonchev–Trinajstić information content (AvgIpc) is 2.90. The molecule has 1 aromatic carbocycles. The van der Waals surface area contributed by atoms with Gasteiger partial charge < -0.3 is 5.43 Å². The summed E-state index contributed by atoms with van der Waals surface area (Å²) < 4.78 is 26.4. The monoisotopic (exact) mass is 284 g/mol. The first-order chi connectivity index (χ1) is 8.62. The lowest BCUT2D eigenvalue weighted by Crippen LogP contribution is -2.23. The molecule has 0 unspecified atom stereocenters. The summed E-state index contributed by atoms with van der Waals surface area (Å²) in [4.78, 5) is 4.20. The highest BCUT2D eigenvalue weighted by Gasteiger charge is 2.13. The van der Waals surface area contributed by atoms with Crippen LogP contribution in [0, 0.1) is 0 Å². The highest BCUT2D eigenvalue weighted by Crippen LogP contribution is 2.13. The molecule has 0 aliphatic rings. The second-order valence-corrected chi connectivity index (χ2v) is 5.96. The highest BCUT2D eigenvalue weighted by atomic mass is 32.2. The molecular formula is C10H12N4O2S2. The Morgan fingerprint density at radius 3 is 2.56 bits per heavy atom. The van der Waals surface area contributed by atoms with Crippen molar-refractivity contribution in [2.45, 2.75) is 11.4 Å². The predicted molar refractivity (Wildman–Crippen MR) is 70.4 cm³/mol. The van der Waals surface area contributed by atoms with Crippen LogP contribution < -0.4 is 16.0 Å². The first kappa shape index (κ1) is 13.0. The van der Waals surface area contributed by atoms with Crippen LogP contribution in [0.1, 0.15) is 5.69 Å². The molecule has 0 amide bonds. The topological polar surface area (TPSA) is 97.1 Å². The quantitative estimate of drug-likeness (QED) is 0.560. The molecule has 2 rings (SSSR count). The van der Waals surface area contributed by atoms with Crippen LogP contribution in [0.2, 0.25) is 0 Å². The number of nitrogens with two attached hydrogens (primary N) is 1. The van der Waals surface area contributed by atoms with Crippen molar-refractivity contribution in [3.63, 3.8) is 0 Å². The van der Waals surface area contributed by atoms with Gasteiger partial charge in [0.2, 0.25) is 10.0 Å². The summed E-state index contributed by atoms with van der Waals surface area (Å²) in [5.74, 6) is 5.21. The van der Waals surface area contributed by atoms with Crippen molar-refractivity contribution >= 4 is 27.0 Å². The number of anilines is 1. The Morgan fingerprint density at radius 2 is 2.00 bits per heavy atom. The van der Waals surface area contributed by atoms with Crippen molar-refractivity contribution in [2.75, 3.05) is 5.43 Å². The number of sulfonamides is 1. The lowest BCUT2D eigenvalue weighted by atomic mass is 10.3. The van der Waals surface area contributed by atoms with E-state index in [-0.39, 0.29) is 11.4 Å². The number of rotatable bonds is 5. The summed E-state index contributed by atoms with van der Waals surface area (Å²) in [6, 6.07) is 6.16. The molecule has 18 heavy (non-hydrogen) atoms. The lowest BCUT2D eigenvalue weighted by molar-refractivity contribution is 0.580. The zero-order valence-electron chi connectivity index (χ0n) is 9.33. The maximum absolute atomic E-state index is 11.9. The van der Waals surface area contributed by atoms with Crippen LogP contribution in [0.3, 0.4) is 0 Å². The zero-order chi connectivity index (χ0) is 13.0. The van der Waals surface area contributed by atoms with E-state index in [1.165, 1.54) is 23.5 Å². The summed E-state index contributed by atoms with van der Waals surface area (Å²) in [7, 11) is -3.52. The van der Waals surface area contributed by atoms with Crippen LogP contribution in [0.25, 0.3) is 0 Å². The molecule has 0 aliphatic carbocycles. The van der Waals surface area contributed by atoms with E-state index in [2.05, 4.69) is 15.1 Å². The lowest BCUT2D eigenvalue weighted by Gasteiger charge is -2.06. The summed E-state index contributed by atoms with van der Waals surface area (Å²) >= 11 is 1.42. The van der Waals surface area contributed by atoms with E-state index < -0.39 is 10.0 Å². The third kappa shape index (κ3) is 3.05. The van der Waals surface area contributed by atoms with Crippen LogP contribution in [0.15, 0.2) is 40.1 Å². The molecule has 0 fully saturated rings. The number of nitrogens with zero attached hydrogens (tertiary/aromatic N) is 1. The molecule has 6 nitrogen and oxygen atoms in total. The largest absolute Gasteiger partial charge is 0.324 e. The van der Waals surface area contributed by atoms with Gasteiger partial charge in [-0.25, -0.2) is 18.1 Å². The van der Waals surface area contributed by atoms with E-state index in [9.17, 15) is 8.42 Å². The van der Waals surface area contributed by atoms with Gasteiger partial charge in [-0.15, -0.1) is 11.3 Å². The molecule has 0 bridgehead atoms. The van der Waals surface area contributed by atoms with Crippen molar-refractivity contribution in [1.82, 2.24) is 9.71 Å². The average molecular weight is 284 g/mol. The van der Waals surface area contributed by atoms with E-state index in [1.807, 2.05) is 0 Å². The maximum atomic E-state index is 11.9. The molecule has 0 saturated heterocycles. The third-order valence-corrected chi connectivity index (χ3v) is 4.31. The minimum atomic E-state index is -3.52. The number of hydrogen-bond donors (Lipinski definition) is 3. The third-order valence-electron chi connectivity index (χ3n) is 2.26. The van der Waals surface area contributed by atoms with Gasteiger partial charge in [-0.1, -0.05) is 0 Å². The minimum absolute atomic E-state index is 0.183. The standard InChI is InChI=1S/C10H12N4O2S2/c11-14-8-1-3-10(4-2-8)18(15,16)13-5-9-6-17-7-12-9/h1-4,6-7,13-14H,5,11H2. The first-order valence-electron chi connectivity index (χ1n) is 5.05. The van der Waals surface area contributed by atoms with Crippen LogP contribution in [0.4, 0.5) is 5.69 Å². The number of hydrazine groups is 1. The molecule has 1 aromatic heterocycles. The smallest absolute Gasteiger partial charge is 0.240 e. The Balaban J connectivity index is 2.09. The summed E-state index contributed by atoms with van der Waals surface area (Å²) in [5.41, 5.74) is 5.44. The fourth-order valence-corrected chi connectivity index (χ4v) is 2.86. The molecule has 0 spiro atoms. The van der Waals surface area contributed by atoms with E-state index in [1.54, 1.807) is 23.0 Å². The van der Waals surface area contributed by atoms with Crippen molar-refractivity contribution < 1.29 is 8.42 Å². The molecule has 96 valence electrons. The van der Waals surface area contributed by atoms with Gasteiger partial charge in [-0.3, -0.25) is 5.84 Å². The van der Waals surface area contributed by atoms with Gasteiger partial charge in [-0.2, -0.15) is 0 Å². The summed E-state index contributed by atoms with van der Waals surface area (Å²) in [6.45, 7) is 0.183. The predicted octanol–water partition coefficient (Wildman–Crippen LogP) is 0.907. The van der Waals surface area contributed by atoms with Crippen molar-refractivity contribution in [1.29, 1.82) is 0 Å². The van der Waals surface area contributed by atoms with Crippen molar-refractivity contribution in [3.8, 4) is 0 Å². The van der Waals surface area contributed by atoms with Gasteiger partial charge in [0.15, 0.2) is 0 Å². The van der Waals surface area contributed by atoms with E-state index in [0.29, 0.717) is 11.4 Å². The minimum Gasteiger partial charge on any atom is -0.324 e. The Bertz CT molecular complexity index is 593. The van der Waals surface area contributed by atoms with Crippen LogP contribution in [0.5, 0.6) is 0 Å². The van der Waals surface area contributed by atoms with E-state index >= 15 is 0 Å². The Kier molecular flexibility index (Phi) is 3.92. The number of thiazole rings is 1. The SMILES string of the molecule is NNc1ccc(S(=O)(=O)NCc2cscn2)cc1. The van der Waals surface area contributed by atoms with Gasteiger partial charge >= 0.3 is 0 Å². The van der Waals surface area contributed by atoms with Crippen LogP contribution >= 0.6 is 11.3 Å². The first-order valence-corrected chi connectivity index (χ1v) is 7.48. The van der Waals surface area contributed by atoms with Gasteiger partial charge in [0, 0.05) is 11.1 Å². The fourth-order valence-electron chi connectivity index (χ4n) is 1.31. The number of aromatic nitrogens is 1. The summed E-state index contributed by atoms with van der Waals surface area (Å²) in [6.07, 6.45) is 0. The normalized spacial score (nSPS) is 11.4. The number of nitrogen functional groups attached to an aromatic ring is 1. The second kappa shape index (κ2) is 5.44. The molecule has 8 heteroatoms. The Morgan fingerprint density at radius 1 is 1.28 bits per heavy atom. The second-order valence-electron chi connectivity index (χ2n) is 3.47. The van der Waals surface area contributed by atoms with Crippen LogP contribution in [-0.4, -0.2) is 13.4 Å². The zero-order valence-corrected chi connectivity index (χ0v) is 11.0. The van der Waals surface area contributed by atoms with Crippen LogP contribution in [-0.2, 0) is 16.6 Å². The molecule has 0 radical (unpaired) electrons. The highest BCUT2D eigenvalue weighted by molar-refractivity contribution is 7.89. The Hall–Kier alpha value is -1.48. The molecule has 2 aromatic rings. The molecule has 1 heterocycles. The molecule has 0 saturated carbocycles. The number of benzene rings is 1. The number of hydrogen-bond acceptors (Lipinski definition) is 6. The van der Waals surface area contributed by atoms with E-state index in [4.69, 9.17) is 5.84 Å². The fraction of sp³-hybridized carbons (Fsp3) is 0.100. The summed E-state index contributed by atoms with van der Waals surface area (Å²) in [5, 5.41) is 1.80.